The lowest BCUT2D eigenvalue weighted by Crippen LogP contribution is -2.31. The molecule has 0 radical (unpaired) electrons. The lowest BCUT2D eigenvalue weighted by Gasteiger charge is -2.12. The van der Waals surface area contributed by atoms with Gasteiger partial charge in [-0.25, -0.2) is 14.8 Å². The summed E-state index contributed by atoms with van der Waals surface area (Å²) in [6.45, 7) is 2.00. The van der Waals surface area contributed by atoms with Crippen molar-refractivity contribution in [2.75, 3.05) is 0 Å². The molecular weight excluding hydrogens is 370 g/mol. The minimum atomic E-state index is -0.922. The first-order valence-corrected chi connectivity index (χ1v) is 8.50. The molecule has 2 aromatic carbocycles. The number of primary amides is 1. The van der Waals surface area contributed by atoms with Gasteiger partial charge in [-0.15, -0.1) is 0 Å². The normalized spacial score (nSPS) is 10.6. The molecule has 1 heterocycles. The second-order valence-corrected chi connectivity index (χ2v) is 6.30. The van der Waals surface area contributed by atoms with Crippen molar-refractivity contribution in [3.63, 3.8) is 0 Å². The van der Waals surface area contributed by atoms with Crippen molar-refractivity contribution in [3.05, 3.63) is 70.6 Å². The molecule has 0 unspecified atom stereocenters. The van der Waals surface area contributed by atoms with Crippen molar-refractivity contribution in [1.29, 1.82) is 0 Å². The van der Waals surface area contributed by atoms with Crippen LogP contribution in [0.3, 0.4) is 0 Å². The number of hydroxylamine groups is 2. The zero-order valence-corrected chi connectivity index (χ0v) is 15.3. The van der Waals surface area contributed by atoms with E-state index in [2.05, 4.69) is 4.98 Å². The topological polar surface area (TPSA) is 102 Å². The second-order valence-electron chi connectivity index (χ2n) is 5.86. The molecule has 2 amide bonds. The van der Waals surface area contributed by atoms with Gasteiger partial charge in [0.25, 0.3) is 0 Å². The van der Waals surface area contributed by atoms with Crippen LogP contribution < -0.4 is 10.5 Å². The lowest BCUT2D eigenvalue weighted by molar-refractivity contribution is -0.0470. The molecule has 0 aliphatic rings. The van der Waals surface area contributed by atoms with Crippen molar-refractivity contribution in [1.82, 2.24) is 10.0 Å². The summed E-state index contributed by atoms with van der Waals surface area (Å²) in [7, 11) is 0. The predicted molar refractivity (Wildman–Crippen MR) is 99.4 cm³/mol. The van der Waals surface area contributed by atoms with Crippen LogP contribution in [0.4, 0.5) is 4.79 Å². The molecule has 3 N–H and O–H groups in total. The first kappa shape index (κ1) is 18.8. The molecule has 0 spiro atoms. The van der Waals surface area contributed by atoms with E-state index < -0.39 is 6.03 Å². The van der Waals surface area contributed by atoms with Gasteiger partial charge in [0.1, 0.15) is 23.8 Å². The van der Waals surface area contributed by atoms with Gasteiger partial charge >= 0.3 is 6.03 Å². The first-order chi connectivity index (χ1) is 12.9. The average Bonchev–Trinajstić information content (AvgIpc) is 3.01. The largest absolute Gasteiger partial charge is 0.487 e. The number of hydrogen-bond acceptors (Lipinski definition) is 5. The van der Waals surface area contributed by atoms with Crippen LogP contribution in [-0.2, 0) is 13.2 Å². The Kier molecular flexibility index (Phi) is 5.63. The quantitative estimate of drug-likeness (QED) is 0.488. The molecule has 0 fully saturated rings. The summed E-state index contributed by atoms with van der Waals surface area (Å²) >= 11 is 5.90. The monoisotopic (exact) mass is 387 g/mol. The van der Waals surface area contributed by atoms with Crippen molar-refractivity contribution < 1.29 is 19.2 Å². The highest BCUT2D eigenvalue weighted by atomic mass is 35.5. The van der Waals surface area contributed by atoms with Crippen LogP contribution in [0.15, 0.2) is 52.9 Å². The minimum absolute atomic E-state index is 0.0315. The Balaban J connectivity index is 1.68. The Labute approximate surface area is 160 Å². The Hall–Kier alpha value is -3.03. The van der Waals surface area contributed by atoms with E-state index in [0.29, 0.717) is 38.7 Å². The van der Waals surface area contributed by atoms with Gasteiger partial charge in [-0.1, -0.05) is 23.7 Å². The van der Waals surface area contributed by atoms with Crippen LogP contribution in [0, 0.1) is 6.92 Å². The zero-order chi connectivity index (χ0) is 19.4. The SMILES string of the molecule is Cc1oc(-c2ccc(Cl)cc2)nc1COc1cccc(CN(O)C(N)=O)c1. The van der Waals surface area contributed by atoms with Crippen molar-refractivity contribution in [2.45, 2.75) is 20.1 Å². The number of oxazole rings is 1. The Morgan fingerprint density at radius 1 is 1.30 bits per heavy atom. The van der Waals surface area contributed by atoms with E-state index in [1.165, 1.54) is 0 Å². The summed E-state index contributed by atoms with van der Waals surface area (Å²) in [4.78, 5) is 15.4. The fourth-order valence-corrected chi connectivity index (χ4v) is 2.54. The van der Waals surface area contributed by atoms with Crippen LogP contribution in [0.1, 0.15) is 17.0 Å². The van der Waals surface area contributed by atoms with Crippen LogP contribution in [-0.4, -0.2) is 21.3 Å². The number of amides is 2. The molecule has 0 saturated heterocycles. The summed E-state index contributed by atoms with van der Waals surface area (Å²) in [5.41, 5.74) is 7.18. The third kappa shape index (κ3) is 4.78. The maximum atomic E-state index is 10.9. The molecule has 0 bridgehead atoms. The minimum Gasteiger partial charge on any atom is -0.487 e. The number of benzene rings is 2. The van der Waals surface area contributed by atoms with Gasteiger partial charge in [0.2, 0.25) is 5.89 Å². The average molecular weight is 388 g/mol. The van der Waals surface area contributed by atoms with Crippen molar-refractivity contribution >= 4 is 17.6 Å². The summed E-state index contributed by atoms with van der Waals surface area (Å²) in [5.74, 6) is 1.72. The molecular formula is C19H18ClN3O4. The Morgan fingerprint density at radius 3 is 2.74 bits per heavy atom. The van der Waals surface area contributed by atoms with Gasteiger partial charge in [-0.2, -0.15) is 0 Å². The molecule has 1 aromatic heterocycles. The van der Waals surface area contributed by atoms with Crippen LogP contribution in [0.2, 0.25) is 5.02 Å². The number of urea groups is 1. The van der Waals surface area contributed by atoms with Crippen LogP contribution in [0.5, 0.6) is 5.75 Å². The van der Waals surface area contributed by atoms with Crippen molar-refractivity contribution in [3.8, 4) is 17.2 Å². The van der Waals surface area contributed by atoms with Gasteiger partial charge in [-0.05, 0) is 48.9 Å². The van der Waals surface area contributed by atoms with Gasteiger partial charge in [-0.3, -0.25) is 5.21 Å². The van der Waals surface area contributed by atoms with E-state index in [4.69, 9.17) is 26.5 Å². The first-order valence-electron chi connectivity index (χ1n) is 8.12. The maximum absolute atomic E-state index is 10.9. The molecule has 0 saturated carbocycles. The maximum Gasteiger partial charge on any atom is 0.338 e. The second kappa shape index (κ2) is 8.11. The third-order valence-electron chi connectivity index (χ3n) is 3.84. The van der Waals surface area contributed by atoms with Gasteiger partial charge in [0.05, 0.1) is 6.54 Å². The smallest absolute Gasteiger partial charge is 0.338 e. The fourth-order valence-electron chi connectivity index (χ4n) is 2.41. The number of carbonyl (C=O) groups excluding carboxylic acids is 1. The summed E-state index contributed by atoms with van der Waals surface area (Å²) < 4.78 is 11.5. The molecule has 27 heavy (non-hydrogen) atoms. The summed E-state index contributed by atoms with van der Waals surface area (Å²) in [6, 6.07) is 13.3. The van der Waals surface area contributed by atoms with Crippen LogP contribution in [0.25, 0.3) is 11.5 Å². The van der Waals surface area contributed by atoms with E-state index >= 15 is 0 Å². The predicted octanol–water partition coefficient (Wildman–Crippen LogP) is 4.15. The molecule has 3 rings (SSSR count). The number of halogens is 1. The van der Waals surface area contributed by atoms with Crippen LogP contribution >= 0.6 is 11.6 Å². The molecule has 7 nitrogen and oxygen atoms in total. The van der Waals surface area contributed by atoms with Crippen molar-refractivity contribution in [2.24, 2.45) is 5.73 Å². The fraction of sp³-hybridized carbons (Fsp3) is 0.158. The highest BCUT2D eigenvalue weighted by Crippen LogP contribution is 2.24. The molecule has 0 aliphatic heterocycles. The van der Waals surface area contributed by atoms with E-state index in [9.17, 15) is 10.0 Å². The van der Waals surface area contributed by atoms with E-state index in [1.54, 1.807) is 36.4 Å². The van der Waals surface area contributed by atoms with Gasteiger partial charge in [0.15, 0.2) is 0 Å². The Morgan fingerprint density at radius 2 is 2.04 bits per heavy atom. The number of nitrogens with zero attached hydrogens (tertiary/aromatic N) is 2. The summed E-state index contributed by atoms with van der Waals surface area (Å²) in [6.07, 6.45) is 0. The molecule has 0 aliphatic carbocycles. The van der Waals surface area contributed by atoms with Gasteiger partial charge in [0, 0.05) is 10.6 Å². The number of aromatic nitrogens is 1. The van der Waals surface area contributed by atoms with Gasteiger partial charge < -0.3 is 14.9 Å². The highest BCUT2D eigenvalue weighted by molar-refractivity contribution is 6.30. The number of ether oxygens (including phenoxy) is 1. The lowest BCUT2D eigenvalue weighted by atomic mass is 10.2. The Bertz CT molecular complexity index is 940. The highest BCUT2D eigenvalue weighted by Gasteiger charge is 2.13. The number of rotatable bonds is 6. The molecule has 8 heteroatoms. The number of nitrogens with two attached hydrogens (primary N) is 1. The zero-order valence-electron chi connectivity index (χ0n) is 14.6. The van der Waals surface area contributed by atoms with E-state index in [1.807, 2.05) is 19.1 Å². The van der Waals surface area contributed by atoms with E-state index in [-0.39, 0.29) is 13.2 Å². The third-order valence-corrected chi connectivity index (χ3v) is 4.10. The molecule has 0 atom stereocenters. The summed E-state index contributed by atoms with van der Waals surface area (Å²) in [5, 5.41) is 10.5. The standard InChI is InChI=1S/C19H18ClN3O4/c1-12-17(22-18(27-12)14-5-7-15(20)8-6-14)11-26-16-4-2-3-13(9-16)10-23(25)19(21)24/h2-9,25H,10-11H2,1H3,(H2,21,24). The number of hydrogen-bond donors (Lipinski definition) is 2. The molecule has 140 valence electrons. The number of aryl methyl sites for hydroxylation is 1. The molecule has 3 aromatic rings. The van der Waals surface area contributed by atoms with E-state index in [0.717, 1.165) is 5.56 Å². The number of carbonyl (C=O) groups is 1.